The molecule has 0 bridgehead atoms. The summed E-state index contributed by atoms with van der Waals surface area (Å²) < 4.78 is 0. The summed E-state index contributed by atoms with van der Waals surface area (Å²) in [6.07, 6.45) is 7.67. The highest BCUT2D eigenvalue weighted by Crippen LogP contribution is 2.67. The van der Waals surface area contributed by atoms with E-state index in [2.05, 4.69) is 6.92 Å². The lowest BCUT2D eigenvalue weighted by Gasteiger charge is -2.59. The molecule has 4 aliphatic rings. The predicted octanol–water partition coefficient (Wildman–Crippen LogP) is 4.14. The molecule has 0 unspecified atom stereocenters. The van der Waals surface area contributed by atoms with Gasteiger partial charge in [0.15, 0.2) is 11.6 Å². The van der Waals surface area contributed by atoms with Crippen molar-refractivity contribution in [2.45, 2.75) is 57.7 Å². The molecule has 7 atom stereocenters. The summed E-state index contributed by atoms with van der Waals surface area (Å²) in [4.78, 5) is 37.9. The van der Waals surface area contributed by atoms with Crippen molar-refractivity contribution in [3.8, 4) is 0 Å². The van der Waals surface area contributed by atoms with Crippen LogP contribution in [0.15, 0.2) is 54.1 Å². The Bertz CT molecular complexity index is 1090. The number of aliphatic hydroxyl groups is 2. The smallest absolute Gasteiger partial charge is 0.219 e. The third-order valence-electron chi connectivity index (χ3n) is 9.45. The predicted molar refractivity (Wildman–Crippen MR) is 131 cm³/mol. The second-order valence-corrected chi connectivity index (χ2v) is 11.9. The van der Waals surface area contributed by atoms with Crippen LogP contribution in [0.3, 0.4) is 0 Å². The Hall–Kier alpha value is -2.02. The van der Waals surface area contributed by atoms with Crippen molar-refractivity contribution in [1.29, 1.82) is 0 Å². The molecule has 3 saturated carbocycles. The fourth-order valence-electron chi connectivity index (χ4n) is 7.70. The van der Waals surface area contributed by atoms with Crippen LogP contribution in [0.4, 0.5) is 0 Å². The summed E-state index contributed by atoms with van der Waals surface area (Å²) in [5.74, 6) is -0.163. The summed E-state index contributed by atoms with van der Waals surface area (Å²) in [6, 6.07) is 8.85. The van der Waals surface area contributed by atoms with Gasteiger partial charge in [0.05, 0.1) is 11.9 Å². The van der Waals surface area contributed by atoms with Gasteiger partial charge in [-0.15, -0.1) is 0 Å². The van der Waals surface area contributed by atoms with Gasteiger partial charge in [0.25, 0.3) is 0 Å². The lowest BCUT2D eigenvalue weighted by Crippen LogP contribution is -2.61. The van der Waals surface area contributed by atoms with Gasteiger partial charge < -0.3 is 10.2 Å². The highest BCUT2D eigenvalue weighted by atomic mass is 32.2. The number of rotatable bonds is 4. The summed E-state index contributed by atoms with van der Waals surface area (Å²) >= 11 is 0.940. The van der Waals surface area contributed by atoms with Crippen LogP contribution in [0.1, 0.15) is 56.3 Å². The number of ketones is 2. The molecule has 0 aromatic heterocycles. The molecular formula is C28H32O5S. The van der Waals surface area contributed by atoms with Gasteiger partial charge in [-0.2, -0.15) is 0 Å². The summed E-state index contributed by atoms with van der Waals surface area (Å²) in [7, 11) is 0. The number of fused-ring (bicyclic) bond motifs is 5. The van der Waals surface area contributed by atoms with E-state index in [4.69, 9.17) is 0 Å². The topological polar surface area (TPSA) is 91.7 Å². The Balaban J connectivity index is 1.37. The zero-order valence-electron chi connectivity index (χ0n) is 19.7. The largest absolute Gasteiger partial charge is 0.393 e. The Morgan fingerprint density at radius 3 is 2.62 bits per heavy atom. The van der Waals surface area contributed by atoms with Gasteiger partial charge >= 0.3 is 0 Å². The lowest BCUT2D eigenvalue weighted by molar-refractivity contribution is -0.174. The third-order valence-corrected chi connectivity index (χ3v) is 10.4. The fourth-order valence-corrected chi connectivity index (χ4v) is 8.50. The molecule has 0 heterocycles. The number of benzene rings is 1. The second kappa shape index (κ2) is 8.28. The van der Waals surface area contributed by atoms with Crippen molar-refractivity contribution < 1.29 is 24.6 Å². The van der Waals surface area contributed by atoms with Crippen molar-refractivity contribution in [1.82, 2.24) is 0 Å². The second-order valence-electron chi connectivity index (χ2n) is 11.0. The van der Waals surface area contributed by atoms with Gasteiger partial charge in [0.2, 0.25) is 5.12 Å². The van der Waals surface area contributed by atoms with Crippen LogP contribution in [-0.2, 0) is 9.59 Å². The Kier molecular flexibility index (Phi) is 5.78. The van der Waals surface area contributed by atoms with E-state index in [0.717, 1.165) is 36.6 Å². The Morgan fingerprint density at radius 2 is 1.88 bits per heavy atom. The first-order valence-electron chi connectivity index (χ1n) is 12.2. The molecule has 0 aliphatic heterocycles. The Labute approximate surface area is 204 Å². The number of carbonyl (C=O) groups excluding carboxylic acids is 3. The molecule has 0 radical (unpaired) electrons. The van der Waals surface area contributed by atoms with Gasteiger partial charge in [-0.05, 0) is 56.1 Å². The molecule has 0 amide bonds. The molecular weight excluding hydrogens is 448 g/mol. The van der Waals surface area contributed by atoms with Crippen LogP contribution in [0.5, 0.6) is 0 Å². The minimum atomic E-state index is -1.55. The molecule has 180 valence electrons. The number of aliphatic hydroxyl groups excluding tert-OH is 1. The molecule has 6 heteroatoms. The SMILES string of the molecule is C[C@]12C=CC(=O)C=C1CC[C@@H]1[C@@H]2[C@@H](O)C[C@@]2(C)[C@H]1CC[C@]2(O)C(=O)CSC(=O)c1ccccc1. The number of Topliss-reactive ketones (excluding diaryl/α,β-unsaturated/α-hetero) is 1. The number of hydrogen-bond acceptors (Lipinski definition) is 6. The van der Waals surface area contributed by atoms with Crippen molar-refractivity contribution in [3.05, 3.63) is 59.7 Å². The molecule has 1 aromatic carbocycles. The maximum absolute atomic E-state index is 13.4. The highest BCUT2D eigenvalue weighted by Gasteiger charge is 2.68. The lowest BCUT2D eigenvalue weighted by atomic mass is 9.46. The van der Waals surface area contributed by atoms with Gasteiger partial charge in [-0.25, -0.2) is 0 Å². The van der Waals surface area contributed by atoms with E-state index in [1.807, 2.05) is 19.1 Å². The van der Waals surface area contributed by atoms with Gasteiger partial charge in [0, 0.05) is 22.3 Å². The number of hydrogen-bond donors (Lipinski definition) is 2. The molecule has 1 aromatic rings. The van der Waals surface area contributed by atoms with Gasteiger partial charge in [-0.3, -0.25) is 14.4 Å². The van der Waals surface area contributed by atoms with Crippen molar-refractivity contribution in [3.63, 3.8) is 0 Å². The first-order valence-corrected chi connectivity index (χ1v) is 13.2. The number of carbonyl (C=O) groups is 3. The molecule has 4 aliphatic carbocycles. The summed E-state index contributed by atoms with van der Waals surface area (Å²) in [5.41, 5.74) is -1.04. The van der Waals surface area contributed by atoms with Crippen molar-refractivity contribution in [2.75, 3.05) is 5.75 Å². The monoisotopic (exact) mass is 480 g/mol. The van der Waals surface area contributed by atoms with Crippen LogP contribution in [0.25, 0.3) is 0 Å². The molecule has 0 spiro atoms. The average molecular weight is 481 g/mol. The zero-order chi connectivity index (χ0) is 24.3. The maximum Gasteiger partial charge on any atom is 0.219 e. The molecule has 34 heavy (non-hydrogen) atoms. The van der Waals surface area contributed by atoms with E-state index in [1.54, 1.807) is 36.4 Å². The maximum atomic E-state index is 13.4. The van der Waals surface area contributed by atoms with E-state index in [-0.39, 0.29) is 45.6 Å². The normalized spacial score (nSPS) is 40.7. The summed E-state index contributed by atoms with van der Waals surface area (Å²) in [6.45, 7) is 4.07. The quantitative estimate of drug-likeness (QED) is 0.673. The third kappa shape index (κ3) is 3.41. The van der Waals surface area contributed by atoms with Crippen molar-refractivity contribution >= 4 is 28.4 Å². The average Bonchev–Trinajstić information content (AvgIpc) is 3.09. The summed E-state index contributed by atoms with van der Waals surface area (Å²) in [5, 5.41) is 23.0. The van der Waals surface area contributed by atoms with Crippen LogP contribution >= 0.6 is 11.8 Å². The fraction of sp³-hybridized carbons (Fsp3) is 0.536. The van der Waals surface area contributed by atoms with Crippen LogP contribution < -0.4 is 0 Å². The molecule has 3 fully saturated rings. The minimum Gasteiger partial charge on any atom is -0.393 e. The van der Waals surface area contributed by atoms with E-state index < -0.39 is 17.1 Å². The number of allylic oxidation sites excluding steroid dienone is 4. The van der Waals surface area contributed by atoms with E-state index in [9.17, 15) is 24.6 Å². The van der Waals surface area contributed by atoms with Crippen molar-refractivity contribution in [2.24, 2.45) is 28.6 Å². The zero-order valence-corrected chi connectivity index (χ0v) is 20.5. The molecule has 5 rings (SSSR count). The molecule has 0 saturated heterocycles. The van der Waals surface area contributed by atoms with Crippen LogP contribution in [0.2, 0.25) is 0 Å². The van der Waals surface area contributed by atoms with Crippen LogP contribution in [-0.4, -0.2) is 44.4 Å². The standard InChI is InChI=1S/C28H32O5S/c1-26-12-10-19(29)14-18(26)8-9-20-21-11-13-28(33,27(21,2)15-22(30)24(20)26)23(31)16-34-25(32)17-6-4-3-5-7-17/h3-7,10,12,14,20-22,24,30,33H,8-9,11,13,15-16H2,1-2H3/t20-,21-,22-,24+,26-,27-,28-/m0/s1. The first kappa shape index (κ1) is 23.7. The minimum absolute atomic E-state index is 0.00412. The van der Waals surface area contributed by atoms with Gasteiger partial charge in [0.1, 0.15) is 5.60 Å². The Morgan fingerprint density at radius 1 is 1.15 bits per heavy atom. The highest BCUT2D eigenvalue weighted by molar-refractivity contribution is 8.14. The van der Waals surface area contributed by atoms with E-state index >= 15 is 0 Å². The number of thioether (sulfide) groups is 1. The van der Waals surface area contributed by atoms with Crippen LogP contribution in [0, 0.1) is 28.6 Å². The first-order chi connectivity index (χ1) is 16.1. The van der Waals surface area contributed by atoms with E-state index in [0.29, 0.717) is 18.4 Å². The molecule has 2 N–H and O–H groups in total. The van der Waals surface area contributed by atoms with E-state index in [1.165, 1.54) is 0 Å². The van der Waals surface area contributed by atoms with Gasteiger partial charge in [-0.1, -0.05) is 67.6 Å². The molecule has 5 nitrogen and oxygen atoms in total.